The molecular weight excluding hydrogens is 423 g/mol. The molecule has 0 aliphatic heterocycles. The van der Waals surface area contributed by atoms with Gasteiger partial charge in [-0.3, -0.25) is 4.55 Å². The average Bonchev–Trinajstić information content (AvgIpc) is 3.53. The Labute approximate surface area is 191 Å². The summed E-state index contributed by atoms with van der Waals surface area (Å²) in [4.78, 5) is 0. The van der Waals surface area contributed by atoms with Crippen LogP contribution in [-0.2, 0) is 28.8 Å². The molecule has 2 aromatic carbocycles. The number of aryl methyl sites for hydroxylation is 2. The summed E-state index contributed by atoms with van der Waals surface area (Å²) in [7, 11) is -1.93. The lowest BCUT2D eigenvalue weighted by Gasteiger charge is -2.47. The van der Waals surface area contributed by atoms with Crippen molar-refractivity contribution in [2.75, 3.05) is 25.6 Å². The molecule has 176 valence electrons. The molecule has 0 heterocycles. The fourth-order valence-corrected chi connectivity index (χ4v) is 7.27. The SMILES string of the molecule is CN(CCCc1ccc2c(c1)C(Cc1cccc(F)c1)C(N)CC2)S(C)(=O)(O)CC1CC1. The normalized spacial score (nSPS) is 22.4. The van der Waals surface area contributed by atoms with Crippen molar-refractivity contribution in [3.05, 3.63) is 70.5 Å². The number of hydrogen-bond acceptors (Lipinski definition) is 2. The molecule has 2 atom stereocenters. The van der Waals surface area contributed by atoms with Crippen LogP contribution >= 0.6 is 0 Å². The van der Waals surface area contributed by atoms with Crippen LogP contribution < -0.4 is 5.73 Å². The molecule has 0 spiro atoms. The highest BCUT2D eigenvalue weighted by molar-refractivity contribution is 8.12. The number of hydrogen-bond donors (Lipinski definition) is 2. The van der Waals surface area contributed by atoms with E-state index >= 15 is 0 Å². The molecule has 2 unspecified atom stereocenters. The van der Waals surface area contributed by atoms with Gasteiger partial charge in [0.25, 0.3) is 0 Å². The average molecular weight is 461 g/mol. The van der Waals surface area contributed by atoms with Gasteiger partial charge in [0.05, 0.1) is 5.75 Å². The van der Waals surface area contributed by atoms with E-state index < -0.39 is 9.53 Å². The van der Waals surface area contributed by atoms with Crippen LogP contribution in [0.15, 0.2) is 42.5 Å². The summed E-state index contributed by atoms with van der Waals surface area (Å²) in [5.74, 6) is 0.776. The highest BCUT2D eigenvalue weighted by Crippen LogP contribution is 2.38. The number of fused-ring (bicyclic) bond motifs is 1. The Morgan fingerprint density at radius 1 is 1.16 bits per heavy atom. The van der Waals surface area contributed by atoms with Crippen LogP contribution in [0.25, 0.3) is 0 Å². The molecule has 0 aromatic heterocycles. The first-order valence-corrected chi connectivity index (χ1v) is 14.3. The zero-order valence-electron chi connectivity index (χ0n) is 19.3. The maximum atomic E-state index is 13.7. The first kappa shape index (κ1) is 23.6. The number of nitrogens with two attached hydrogens (primary N) is 1. The Bertz CT molecular complexity index is 1030. The van der Waals surface area contributed by atoms with E-state index in [4.69, 9.17) is 5.73 Å². The van der Waals surface area contributed by atoms with Crippen molar-refractivity contribution in [1.29, 1.82) is 0 Å². The minimum Gasteiger partial charge on any atom is -0.327 e. The van der Waals surface area contributed by atoms with E-state index in [9.17, 15) is 13.2 Å². The third kappa shape index (κ3) is 5.66. The molecule has 0 radical (unpaired) electrons. The van der Waals surface area contributed by atoms with Gasteiger partial charge in [0.15, 0.2) is 0 Å². The minimum atomic E-state index is -3.71. The lowest BCUT2D eigenvalue weighted by molar-refractivity contribution is 0.396. The van der Waals surface area contributed by atoms with Gasteiger partial charge in [0.1, 0.15) is 5.82 Å². The Kier molecular flexibility index (Phi) is 6.61. The Morgan fingerprint density at radius 3 is 2.66 bits per heavy atom. The summed E-state index contributed by atoms with van der Waals surface area (Å²) >= 11 is 0. The van der Waals surface area contributed by atoms with E-state index in [1.54, 1.807) is 23.5 Å². The van der Waals surface area contributed by atoms with E-state index in [1.807, 2.05) is 6.07 Å². The molecule has 0 amide bonds. The third-order valence-electron chi connectivity index (χ3n) is 7.27. The van der Waals surface area contributed by atoms with Crippen LogP contribution in [0.5, 0.6) is 0 Å². The summed E-state index contributed by atoms with van der Waals surface area (Å²) < 4.78 is 39.2. The summed E-state index contributed by atoms with van der Waals surface area (Å²) in [6.45, 7) is 0.592. The van der Waals surface area contributed by atoms with Crippen LogP contribution in [-0.4, -0.2) is 44.7 Å². The van der Waals surface area contributed by atoms with Crippen LogP contribution in [0.4, 0.5) is 4.39 Å². The number of nitrogens with zero attached hydrogens (tertiary/aromatic N) is 1. The van der Waals surface area contributed by atoms with E-state index in [2.05, 4.69) is 18.2 Å². The monoisotopic (exact) mass is 460 g/mol. The van der Waals surface area contributed by atoms with Crippen molar-refractivity contribution < 1.29 is 13.2 Å². The van der Waals surface area contributed by atoms with Gasteiger partial charge in [0.2, 0.25) is 0 Å². The third-order valence-corrected chi connectivity index (χ3v) is 10.3. The van der Waals surface area contributed by atoms with Gasteiger partial charge in [-0.25, -0.2) is 8.70 Å². The molecular formula is C26H37FN2O2S. The molecule has 2 aliphatic rings. The first-order chi connectivity index (χ1) is 15.1. The van der Waals surface area contributed by atoms with Crippen molar-refractivity contribution in [2.24, 2.45) is 11.7 Å². The summed E-state index contributed by atoms with van der Waals surface area (Å²) in [5.41, 5.74) is 11.4. The molecule has 0 saturated heterocycles. The second-order valence-corrected chi connectivity index (χ2v) is 14.0. The van der Waals surface area contributed by atoms with Gasteiger partial charge in [-0.1, -0.05) is 30.3 Å². The Hall–Kier alpha value is -1.60. The maximum absolute atomic E-state index is 13.7. The molecule has 2 aliphatic carbocycles. The number of halogens is 1. The fourth-order valence-electron chi connectivity index (χ4n) is 5.00. The summed E-state index contributed by atoms with van der Waals surface area (Å²) in [6.07, 6.45) is 8.01. The molecule has 4 nitrogen and oxygen atoms in total. The van der Waals surface area contributed by atoms with Gasteiger partial charge >= 0.3 is 0 Å². The fraction of sp³-hybridized carbons (Fsp3) is 0.538. The lowest BCUT2D eigenvalue weighted by Crippen LogP contribution is -2.50. The quantitative estimate of drug-likeness (QED) is 0.577. The van der Waals surface area contributed by atoms with Crippen molar-refractivity contribution in [1.82, 2.24) is 4.31 Å². The summed E-state index contributed by atoms with van der Waals surface area (Å²) in [6, 6.07) is 13.5. The number of benzene rings is 2. The molecule has 32 heavy (non-hydrogen) atoms. The number of rotatable bonds is 9. The van der Waals surface area contributed by atoms with Gasteiger partial charge in [-0.2, -0.15) is 4.21 Å². The maximum Gasteiger partial charge on any atom is 0.123 e. The van der Waals surface area contributed by atoms with Crippen molar-refractivity contribution in [3.63, 3.8) is 0 Å². The zero-order valence-corrected chi connectivity index (χ0v) is 20.1. The molecule has 3 N–H and O–H groups in total. The van der Waals surface area contributed by atoms with Gasteiger partial charge < -0.3 is 5.73 Å². The Morgan fingerprint density at radius 2 is 1.94 bits per heavy atom. The van der Waals surface area contributed by atoms with Gasteiger partial charge in [-0.05, 0) is 85.3 Å². The molecule has 1 fully saturated rings. The topological polar surface area (TPSA) is 66.6 Å². The minimum absolute atomic E-state index is 0.0645. The largest absolute Gasteiger partial charge is 0.327 e. The molecule has 4 rings (SSSR count). The summed E-state index contributed by atoms with van der Waals surface area (Å²) in [5, 5.41) is 0. The molecule has 0 bridgehead atoms. The highest BCUT2D eigenvalue weighted by atomic mass is 32.3. The second kappa shape index (κ2) is 8.98. The predicted molar refractivity (Wildman–Crippen MR) is 131 cm³/mol. The van der Waals surface area contributed by atoms with E-state index in [0.29, 0.717) is 18.2 Å². The van der Waals surface area contributed by atoms with Gasteiger partial charge in [0, 0.05) is 31.8 Å². The van der Waals surface area contributed by atoms with Crippen molar-refractivity contribution >= 4 is 9.53 Å². The Balaban J connectivity index is 1.43. The van der Waals surface area contributed by atoms with E-state index in [1.165, 1.54) is 29.0 Å². The lowest BCUT2D eigenvalue weighted by atomic mass is 9.76. The standard InChI is InChI=1S/C26H37FN2O2S/c1-29(32(2,30,31)18-20-8-9-20)14-4-6-19-10-11-22-12-13-26(28)25(24(22)16-19)17-21-5-3-7-23(27)15-21/h3,5,7,10-11,15-16,20,25-26H,4,6,8-9,12-14,17-18,28H2,1-2H3,(H,30,31). The van der Waals surface area contributed by atoms with Crippen LogP contribution in [0, 0.1) is 11.7 Å². The van der Waals surface area contributed by atoms with Crippen LogP contribution in [0.2, 0.25) is 0 Å². The highest BCUT2D eigenvalue weighted by Gasteiger charge is 2.35. The van der Waals surface area contributed by atoms with Crippen LogP contribution in [0.1, 0.15) is 53.9 Å². The first-order valence-electron chi connectivity index (χ1n) is 11.8. The van der Waals surface area contributed by atoms with Crippen molar-refractivity contribution in [2.45, 2.75) is 56.9 Å². The molecule has 1 saturated carbocycles. The van der Waals surface area contributed by atoms with Gasteiger partial charge in [-0.15, -0.1) is 9.53 Å². The second-order valence-electron chi connectivity index (χ2n) is 10.2. The smallest absolute Gasteiger partial charge is 0.123 e. The van der Waals surface area contributed by atoms with Crippen molar-refractivity contribution in [3.8, 4) is 0 Å². The molecule has 6 heteroatoms. The van der Waals surface area contributed by atoms with E-state index in [-0.39, 0.29) is 17.8 Å². The van der Waals surface area contributed by atoms with E-state index in [0.717, 1.165) is 50.5 Å². The zero-order chi connectivity index (χ0) is 23.0. The predicted octanol–water partition coefficient (Wildman–Crippen LogP) is 4.54. The van der Waals surface area contributed by atoms with Crippen LogP contribution in [0.3, 0.4) is 0 Å². The molecule has 2 aromatic rings.